The van der Waals surface area contributed by atoms with Crippen LogP contribution in [-0.4, -0.2) is 11.1 Å². The van der Waals surface area contributed by atoms with Crippen molar-refractivity contribution in [1.82, 2.24) is 0 Å². The summed E-state index contributed by atoms with van der Waals surface area (Å²) < 4.78 is 0. The van der Waals surface area contributed by atoms with Gasteiger partial charge in [-0.2, -0.15) is 5.26 Å². The molecule has 0 atom stereocenters. The quantitative estimate of drug-likeness (QED) is 0.748. The third kappa shape index (κ3) is 1.63. The predicted octanol–water partition coefficient (Wildman–Crippen LogP) is 2.22. The Morgan fingerprint density at radius 3 is 2.69 bits per heavy atom. The van der Waals surface area contributed by atoms with Crippen LogP contribution in [0.3, 0.4) is 0 Å². The molecule has 0 spiro atoms. The van der Waals surface area contributed by atoms with Gasteiger partial charge in [0, 0.05) is 0 Å². The van der Waals surface area contributed by atoms with E-state index in [2.05, 4.69) is 0 Å². The Bertz CT molecular complexity index is 407. The Balaban J connectivity index is 3.47. The van der Waals surface area contributed by atoms with Crippen molar-refractivity contribution in [3.63, 3.8) is 0 Å². The molecule has 13 heavy (non-hydrogen) atoms. The number of carboxylic acids is 1. The highest BCUT2D eigenvalue weighted by Gasteiger charge is 2.13. The zero-order valence-corrected chi connectivity index (χ0v) is 7.59. The second kappa shape index (κ2) is 3.46. The molecule has 0 aliphatic carbocycles. The molecule has 0 amide bonds. The number of rotatable bonds is 1. The van der Waals surface area contributed by atoms with Crippen molar-refractivity contribution in [1.29, 1.82) is 5.26 Å². The molecule has 0 saturated carbocycles. The summed E-state index contributed by atoms with van der Waals surface area (Å²) in [7, 11) is 0. The van der Waals surface area contributed by atoms with Gasteiger partial charge in [0.2, 0.25) is 0 Å². The lowest BCUT2D eigenvalue weighted by molar-refractivity contribution is 0.0697. The van der Waals surface area contributed by atoms with E-state index in [0.29, 0.717) is 5.56 Å². The van der Waals surface area contributed by atoms with Gasteiger partial charge in [0.25, 0.3) is 0 Å². The van der Waals surface area contributed by atoms with Crippen molar-refractivity contribution >= 4 is 17.6 Å². The molecule has 0 aliphatic heterocycles. The van der Waals surface area contributed by atoms with Gasteiger partial charge < -0.3 is 5.11 Å². The molecule has 0 bridgehead atoms. The second-order valence-electron chi connectivity index (χ2n) is 2.54. The van der Waals surface area contributed by atoms with Gasteiger partial charge in [-0.15, -0.1) is 0 Å². The first-order chi connectivity index (χ1) is 6.07. The van der Waals surface area contributed by atoms with Crippen LogP contribution in [-0.2, 0) is 0 Å². The van der Waals surface area contributed by atoms with Crippen molar-refractivity contribution in [3.8, 4) is 6.07 Å². The first kappa shape index (κ1) is 9.56. The van der Waals surface area contributed by atoms with Gasteiger partial charge in [0.15, 0.2) is 0 Å². The summed E-state index contributed by atoms with van der Waals surface area (Å²) in [6.45, 7) is 1.70. The van der Waals surface area contributed by atoms with Crippen molar-refractivity contribution in [2.75, 3.05) is 0 Å². The number of benzene rings is 1. The number of aromatic carboxylic acids is 1. The summed E-state index contributed by atoms with van der Waals surface area (Å²) in [6.07, 6.45) is 0. The summed E-state index contributed by atoms with van der Waals surface area (Å²) in [5.41, 5.74) is 0.864. The van der Waals surface area contributed by atoms with Crippen LogP contribution in [0.1, 0.15) is 21.5 Å². The first-order valence-electron chi connectivity index (χ1n) is 3.50. The van der Waals surface area contributed by atoms with Crippen molar-refractivity contribution < 1.29 is 9.90 Å². The molecular formula is C9H6ClNO2. The fraction of sp³-hybridized carbons (Fsp3) is 0.111. The molecule has 0 saturated heterocycles. The smallest absolute Gasteiger partial charge is 0.337 e. The molecule has 1 aromatic rings. The molecule has 0 radical (unpaired) electrons. The monoisotopic (exact) mass is 195 g/mol. The average Bonchev–Trinajstić information content (AvgIpc) is 2.04. The van der Waals surface area contributed by atoms with Crippen LogP contribution in [0, 0.1) is 18.3 Å². The van der Waals surface area contributed by atoms with Crippen LogP contribution in [0.25, 0.3) is 0 Å². The van der Waals surface area contributed by atoms with Gasteiger partial charge in [-0.3, -0.25) is 0 Å². The fourth-order valence-corrected chi connectivity index (χ4v) is 1.31. The molecule has 4 heteroatoms. The minimum Gasteiger partial charge on any atom is -0.478 e. The molecule has 3 nitrogen and oxygen atoms in total. The SMILES string of the molecule is Cc1ccc(C(=O)O)c(Cl)c1C#N. The summed E-state index contributed by atoms with van der Waals surface area (Å²) >= 11 is 5.71. The Hall–Kier alpha value is -1.53. The number of hydrogen-bond donors (Lipinski definition) is 1. The molecule has 0 aliphatic rings. The maximum Gasteiger partial charge on any atom is 0.337 e. The molecule has 1 N–H and O–H groups in total. The van der Waals surface area contributed by atoms with Crippen LogP contribution < -0.4 is 0 Å². The standard InChI is InChI=1S/C9H6ClNO2/c1-5-2-3-6(9(12)13)8(10)7(5)4-11/h2-3H,1H3,(H,12,13). The van der Waals surface area contributed by atoms with Crippen LogP contribution in [0.4, 0.5) is 0 Å². The maximum absolute atomic E-state index is 10.6. The molecule has 0 unspecified atom stereocenters. The van der Waals surface area contributed by atoms with E-state index in [9.17, 15) is 4.79 Å². The maximum atomic E-state index is 10.6. The number of carboxylic acid groups (broad SMARTS) is 1. The predicted molar refractivity (Wildman–Crippen MR) is 47.9 cm³/mol. The topological polar surface area (TPSA) is 61.1 Å². The van der Waals surface area contributed by atoms with Crippen LogP contribution in [0.2, 0.25) is 5.02 Å². The molecule has 0 aromatic heterocycles. The number of nitrogens with zero attached hydrogens (tertiary/aromatic N) is 1. The van der Waals surface area contributed by atoms with E-state index >= 15 is 0 Å². The molecule has 0 fully saturated rings. The average molecular weight is 196 g/mol. The highest BCUT2D eigenvalue weighted by atomic mass is 35.5. The van der Waals surface area contributed by atoms with Crippen LogP contribution in [0.5, 0.6) is 0 Å². The van der Waals surface area contributed by atoms with Gasteiger partial charge in [-0.1, -0.05) is 17.7 Å². The minimum absolute atomic E-state index is 0.00926. The number of aryl methyl sites for hydroxylation is 1. The van der Waals surface area contributed by atoms with Gasteiger partial charge in [-0.25, -0.2) is 4.79 Å². The van der Waals surface area contributed by atoms with E-state index in [-0.39, 0.29) is 16.1 Å². The van der Waals surface area contributed by atoms with Gasteiger partial charge in [0.1, 0.15) is 6.07 Å². The van der Waals surface area contributed by atoms with E-state index in [1.807, 2.05) is 6.07 Å². The number of carbonyl (C=O) groups is 1. The summed E-state index contributed by atoms with van der Waals surface area (Å²) in [5.74, 6) is -1.12. The number of nitriles is 1. The molecule has 1 rings (SSSR count). The summed E-state index contributed by atoms with van der Waals surface area (Å²) in [5, 5.41) is 17.4. The van der Waals surface area contributed by atoms with Crippen LogP contribution >= 0.6 is 11.6 Å². The Morgan fingerprint density at radius 1 is 1.62 bits per heavy atom. The van der Waals surface area contributed by atoms with E-state index in [1.54, 1.807) is 13.0 Å². The Labute approximate surface area is 80.2 Å². The van der Waals surface area contributed by atoms with Gasteiger partial charge >= 0.3 is 5.97 Å². The zero-order valence-electron chi connectivity index (χ0n) is 6.84. The lowest BCUT2D eigenvalue weighted by atomic mass is 10.1. The largest absolute Gasteiger partial charge is 0.478 e. The highest BCUT2D eigenvalue weighted by Crippen LogP contribution is 2.23. The molecular weight excluding hydrogens is 190 g/mol. The van der Waals surface area contributed by atoms with Crippen LogP contribution in [0.15, 0.2) is 12.1 Å². The third-order valence-electron chi connectivity index (χ3n) is 1.69. The van der Waals surface area contributed by atoms with Gasteiger partial charge in [0.05, 0.1) is 16.1 Å². The van der Waals surface area contributed by atoms with E-state index in [4.69, 9.17) is 22.0 Å². The fourth-order valence-electron chi connectivity index (χ4n) is 0.975. The van der Waals surface area contributed by atoms with E-state index in [1.165, 1.54) is 6.07 Å². The van der Waals surface area contributed by atoms with Crippen molar-refractivity contribution in [2.45, 2.75) is 6.92 Å². The van der Waals surface area contributed by atoms with Crippen molar-refractivity contribution in [3.05, 3.63) is 33.8 Å². The second-order valence-corrected chi connectivity index (χ2v) is 2.91. The Kier molecular flexibility index (Phi) is 2.54. The lowest BCUT2D eigenvalue weighted by Gasteiger charge is -2.02. The number of halogens is 1. The Morgan fingerprint density at radius 2 is 2.23 bits per heavy atom. The van der Waals surface area contributed by atoms with E-state index in [0.717, 1.165) is 0 Å². The summed E-state index contributed by atoms with van der Waals surface area (Å²) in [4.78, 5) is 10.6. The molecule has 0 heterocycles. The summed E-state index contributed by atoms with van der Waals surface area (Å²) in [6, 6.07) is 4.82. The molecule has 66 valence electrons. The minimum atomic E-state index is -1.12. The lowest BCUT2D eigenvalue weighted by Crippen LogP contribution is -1.99. The normalized spacial score (nSPS) is 9.31. The molecule has 1 aromatic carbocycles. The third-order valence-corrected chi connectivity index (χ3v) is 2.09. The van der Waals surface area contributed by atoms with Crippen molar-refractivity contribution in [2.24, 2.45) is 0 Å². The highest BCUT2D eigenvalue weighted by molar-refractivity contribution is 6.34. The first-order valence-corrected chi connectivity index (χ1v) is 3.88. The number of hydrogen-bond acceptors (Lipinski definition) is 2. The van der Waals surface area contributed by atoms with E-state index < -0.39 is 5.97 Å². The zero-order chi connectivity index (χ0) is 10.0. The van der Waals surface area contributed by atoms with Gasteiger partial charge in [-0.05, 0) is 18.6 Å².